The maximum atomic E-state index is 13.5. The van der Waals surface area contributed by atoms with Crippen molar-refractivity contribution in [3.8, 4) is 0 Å². The van der Waals surface area contributed by atoms with E-state index in [4.69, 9.17) is 0 Å². The van der Waals surface area contributed by atoms with Gasteiger partial charge in [0.25, 0.3) is 5.91 Å². The summed E-state index contributed by atoms with van der Waals surface area (Å²) in [6.07, 6.45) is 1.32. The zero-order chi connectivity index (χ0) is 14.0. The molecule has 0 aliphatic heterocycles. The maximum absolute atomic E-state index is 13.5. The molecule has 0 fully saturated rings. The smallest absolute Gasteiger partial charge is 0.262 e. The topological polar surface area (TPSA) is 33.2 Å². The van der Waals surface area contributed by atoms with Gasteiger partial charge >= 0.3 is 0 Å². The third-order valence-corrected chi connectivity index (χ3v) is 2.89. The van der Waals surface area contributed by atoms with Gasteiger partial charge in [-0.25, -0.2) is 4.98 Å². The number of hydrogen-bond donors (Lipinski definition) is 0. The molecule has 1 aromatic carbocycles. The molecule has 4 heteroatoms. The van der Waals surface area contributed by atoms with Crippen LogP contribution in [0.1, 0.15) is 21.5 Å². The first kappa shape index (κ1) is 13.2. The highest BCUT2D eigenvalue weighted by Crippen LogP contribution is 2.20. The van der Waals surface area contributed by atoms with Gasteiger partial charge in [-0.05, 0) is 49.2 Å². The van der Waals surface area contributed by atoms with E-state index in [9.17, 15) is 9.18 Å². The Labute approximate surface area is 111 Å². The number of amides is 1. The van der Waals surface area contributed by atoms with Crippen molar-refractivity contribution in [2.75, 3.05) is 11.9 Å². The molecule has 0 unspecified atom stereocenters. The number of anilines is 1. The largest absolute Gasteiger partial charge is 0.311 e. The number of rotatable bonds is 2. The first-order valence-electron chi connectivity index (χ1n) is 5.96. The van der Waals surface area contributed by atoms with Gasteiger partial charge in [0.05, 0.1) is 5.56 Å². The average molecular weight is 258 g/mol. The molecule has 0 N–H and O–H groups in total. The van der Waals surface area contributed by atoms with Crippen LogP contribution in [0.3, 0.4) is 0 Å². The molecule has 19 heavy (non-hydrogen) atoms. The van der Waals surface area contributed by atoms with E-state index in [0.29, 0.717) is 0 Å². The normalized spacial score (nSPS) is 10.3. The third-order valence-electron chi connectivity index (χ3n) is 2.89. The molecule has 0 aliphatic rings. The van der Waals surface area contributed by atoms with Crippen molar-refractivity contribution in [1.82, 2.24) is 4.98 Å². The van der Waals surface area contributed by atoms with Crippen molar-refractivity contribution < 1.29 is 9.18 Å². The SMILES string of the molecule is Cc1cc(C)cc(N(C)C(=O)c2cccnc2F)c1. The predicted molar refractivity (Wildman–Crippen MR) is 72.8 cm³/mol. The van der Waals surface area contributed by atoms with E-state index in [2.05, 4.69) is 4.98 Å². The maximum Gasteiger partial charge on any atom is 0.262 e. The second-order valence-corrected chi connectivity index (χ2v) is 4.55. The molecule has 1 amide bonds. The van der Waals surface area contributed by atoms with Gasteiger partial charge in [0.1, 0.15) is 0 Å². The van der Waals surface area contributed by atoms with E-state index >= 15 is 0 Å². The van der Waals surface area contributed by atoms with Crippen molar-refractivity contribution >= 4 is 11.6 Å². The Kier molecular flexibility index (Phi) is 3.60. The quantitative estimate of drug-likeness (QED) is 0.775. The Hall–Kier alpha value is -2.23. The number of hydrogen-bond acceptors (Lipinski definition) is 2. The summed E-state index contributed by atoms with van der Waals surface area (Å²) < 4.78 is 13.5. The van der Waals surface area contributed by atoms with Gasteiger partial charge in [-0.2, -0.15) is 4.39 Å². The molecule has 2 rings (SSSR count). The van der Waals surface area contributed by atoms with E-state index in [1.54, 1.807) is 13.1 Å². The average Bonchev–Trinajstić information content (AvgIpc) is 2.36. The van der Waals surface area contributed by atoms with Gasteiger partial charge in [-0.15, -0.1) is 0 Å². The summed E-state index contributed by atoms with van der Waals surface area (Å²) >= 11 is 0. The fourth-order valence-corrected chi connectivity index (χ4v) is 1.99. The van der Waals surface area contributed by atoms with Crippen LogP contribution in [-0.4, -0.2) is 17.9 Å². The molecule has 0 aliphatic carbocycles. The first-order valence-corrected chi connectivity index (χ1v) is 5.96. The molecule has 3 nitrogen and oxygen atoms in total. The van der Waals surface area contributed by atoms with Crippen molar-refractivity contribution in [1.29, 1.82) is 0 Å². The summed E-state index contributed by atoms with van der Waals surface area (Å²) in [4.78, 5) is 17.2. The first-order chi connectivity index (χ1) is 8.99. The van der Waals surface area contributed by atoms with Gasteiger partial charge in [0.2, 0.25) is 5.95 Å². The van der Waals surface area contributed by atoms with E-state index < -0.39 is 11.9 Å². The summed E-state index contributed by atoms with van der Waals surface area (Å²) in [5.41, 5.74) is 2.83. The van der Waals surface area contributed by atoms with E-state index in [-0.39, 0.29) is 5.56 Å². The fourth-order valence-electron chi connectivity index (χ4n) is 1.99. The Morgan fingerprint density at radius 1 is 1.21 bits per heavy atom. The molecular weight excluding hydrogens is 243 g/mol. The molecule has 0 radical (unpaired) electrons. The predicted octanol–water partition coefficient (Wildman–Crippen LogP) is 3.11. The van der Waals surface area contributed by atoms with Crippen LogP contribution in [0.2, 0.25) is 0 Å². The van der Waals surface area contributed by atoms with Crippen LogP contribution in [0.25, 0.3) is 0 Å². The third kappa shape index (κ3) is 2.78. The van der Waals surface area contributed by atoms with Gasteiger partial charge in [0.15, 0.2) is 0 Å². The molecule has 1 aromatic heterocycles. The summed E-state index contributed by atoms with van der Waals surface area (Å²) in [5.74, 6) is -1.15. The highest BCUT2D eigenvalue weighted by Gasteiger charge is 2.18. The number of aryl methyl sites for hydroxylation is 2. The lowest BCUT2D eigenvalue weighted by molar-refractivity contribution is 0.0988. The number of aromatic nitrogens is 1. The van der Waals surface area contributed by atoms with Gasteiger partial charge < -0.3 is 4.90 Å². The Morgan fingerprint density at radius 2 is 1.84 bits per heavy atom. The molecule has 0 saturated heterocycles. The summed E-state index contributed by atoms with van der Waals surface area (Å²) in [7, 11) is 1.63. The minimum absolute atomic E-state index is 0.0239. The lowest BCUT2D eigenvalue weighted by Crippen LogP contribution is -2.27. The minimum Gasteiger partial charge on any atom is -0.311 e. The molecule has 0 atom stereocenters. The summed E-state index contributed by atoms with van der Waals surface area (Å²) in [6.45, 7) is 3.92. The lowest BCUT2D eigenvalue weighted by atomic mass is 10.1. The molecule has 1 heterocycles. The molecule has 0 bridgehead atoms. The van der Waals surface area contributed by atoms with Crippen LogP contribution in [0.5, 0.6) is 0 Å². The van der Waals surface area contributed by atoms with Crippen molar-refractivity contribution in [2.45, 2.75) is 13.8 Å². The van der Waals surface area contributed by atoms with Crippen LogP contribution in [0.15, 0.2) is 36.5 Å². The molecule has 0 spiro atoms. The zero-order valence-electron chi connectivity index (χ0n) is 11.1. The second kappa shape index (κ2) is 5.18. The van der Waals surface area contributed by atoms with Crippen LogP contribution in [0, 0.1) is 19.8 Å². The van der Waals surface area contributed by atoms with E-state index in [0.717, 1.165) is 16.8 Å². The van der Waals surface area contributed by atoms with Crippen LogP contribution < -0.4 is 4.90 Å². The van der Waals surface area contributed by atoms with Gasteiger partial charge in [0, 0.05) is 18.9 Å². The molecule has 2 aromatic rings. The highest BCUT2D eigenvalue weighted by molar-refractivity contribution is 6.05. The highest BCUT2D eigenvalue weighted by atomic mass is 19.1. The molecule has 98 valence electrons. The van der Waals surface area contributed by atoms with Crippen LogP contribution in [0.4, 0.5) is 10.1 Å². The van der Waals surface area contributed by atoms with Gasteiger partial charge in [-0.1, -0.05) is 6.07 Å². The summed E-state index contributed by atoms with van der Waals surface area (Å²) in [6, 6.07) is 8.78. The minimum atomic E-state index is -0.747. The number of nitrogens with zero attached hydrogens (tertiary/aromatic N) is 2. The van der Waals surface area contributed by atoms with Crippen molar-refractivity contribution in [3.05, 3.63) is 59.2 Å². The van der Waals surface area contributed by atoms with Crippen LogP contribution in [-0.2, 0) is 0 Å². The standard InChI is InChI=1S/C15H15FN2O/c1-10-7-11(2)9-12(8-10)18(3)15(19)13-5-4-6-17-14(13)16/h4-9H,1-3H3. The zero-order valence-corrected chi connectivity index (χ0v) is 11.1. The Morgan fingerprint density at radius 3 is 2.42 bits per heavy atom. The van der Waals surface area contributed by atoms with E-state index in [1.807, 2.05) is 32.0 Å². The number of halogens is 1. The van der Waals surface area contributed by atoms with Gasteiger partial charge in [-0.3, -0.25) is 4.79 Å². The number of carbonyl (C=O) groups excluding carboxylic acids is 1. The fraction of sp³-hybridized carbons (Fsp3) is 0.200. The number of benzene rings is 1. The van der Waals surface area contributed by atoms with Crippen molar-refractivity contribution in [3.63, 3.8) is 0 Å². The Bertz CT molecular complexity index is 605. The van der Waals surface area contributed by atoms with Crippen LogP contribution >= 0.6 is 0 Å². The monoisotopic (exact) mass is 258 g/mol. The number of pyridine rings is 1. The second-order valence-electron chi connectivity index (χ2n) is 4.55. The molecular formula is C15H15FN2O. The van der Waals surface area contributed by atoms with Crippen molar-refractivity contribution in [2.24, 2.45) is 0 Å². The molecule has 0 saturated carbocycles. The Balaban J connectivity index is 2.36. The number of carbonyl (C=O) groups is 1. The summed E-state index contributed by atoms with van der Waals surface area (Å²) in [5, 5.41) is 0. The lowest BCUT2D eigenvalue weighted by Gasteiger charge is -2.18. The van der Waals surface area contributed by atoms with E-state index in [1.165, 1.54) is 17.2 Å².